The molecular weight excluding hydrogens is 262 g/mol. The minimum absolute atomic E-state index is 0.160. The van der Waals surface area contributed by atoms with Gasteiger partial charge in [-0.3, -0.25) is 9.58 Å². The molecule has 1 spiro atoms. The quantitative estimate of drug-likeness (QED) is 0.927. The molecule has 1 aromatic rings. The third kappa shape index (κ3) is 3.02. The summed E-state index contributed by atoms with van der Waals surface area (Å²) in [6, 6.07) is 0. The van der Waals surface area contributed by atoms with E-state index in [9.17, 15) is 0 Å². The van der Waals surface area contributed by atoms with Crippen LogP contribution in [0.5, 0.6) is 0 Å². The number of piperidine rings is 1. The van der Waals surface area contributed by atoms with Gasteiger partial charge in [-0.05, 0) is 58.0 Å². The Balaban J connectivity index is 1.62. The average molecular weight is 291 g/mol. The maximum atomic E-state index is 9.11. The second-order valence-corrected chi connectivity index (χ2v) is 7.08. The van der Waals surface area contributed by atoms with Crippen LogP contribution in [-0.4, -0.2) is 39.5 Å². The van der Waals surface area contributed by atoms with Crippen LogP contribution in [0.25, 0.3) is 0 Å². The number of aryl methyl sites for hydroxylation is 1. The molecule has 1 saturated carbocycles. The molecule has 1 N–H and O–H groups in total. The Labute approximate surface area is 128 Å². The molecule has 0 amide bonds. The van der Waals surface area contributed by atoms with Gasteiger partial charge in [-0.25, -0.2) is 0 Å². The number of aliphatic hydroxyl groups excluding tert-OH is 1. The van der Waals surface area contributed by atoms with E-state index in [1.807, 2.05) is 4.68 Å². The molecule has 21 heavy (non-hydrogen) atoms. The van der Waals surface area contributed by atoms with Crippen molar-refractivity contribution >= 4 is 0 Å². The molecule has 4 nitrogen and oxygen atoms in total. The Hall–Kier alpha value is -0.870. The van der Waals surface area contributed by atoms with Crippen molar-refractivity contribution in [2.75, 3.05) is 19.7 Å². The van der Waals surface area contributed by atoms with Crippen LogP contribution in [0.1, 0.15) is 55.5 Å². The van der Waals surface area contributed by atoms with Crippen LogP contribution in [0, 0.1) is 19.3 Å². The van der Waals surface area contributed by atoms with Gasteiger partial charge in [0, 0.05) is 17.8 Å². The monoisotopic (exact) mass is 291 g/mol. The normalized spacial score (nSPS) is 22.2. The Kier molecular flexibility index (Phi) is 4.36. The highest BCUT2D eigenvalue weighted by molar-refractivity contribution is 5.24. The average Bonchev–Trinajstić information content (AvgIpc) is 3.03. The van der Waals surface area contributed by atoms with Gasteiger partial charge in [0.2, 0.25) is 0 Å². The molecule has 1 saturated heterocycles. The molecule has 0 radical (unpaired) electrons. The van der Waals surface area contributed by atoms with Gasteiger partial charge in [-0.15, -0.1) is 0 Å². The van der Waals surface area contributed by atoms with E-state index in [-0.39, 0.29) is 6.61 Å². The smallest absolute Gasteiger partial charge is 0.0644 e. The molecule has 1 aromatic heterocycles. The number of hydrogen-bond acceptors (Lipinski definition) is 3. The molecule has 3 rings (SSSR count). The van der Waals surface area contributed by atoms with E-state index in [2.05, 4.69) is 23.8 Å². The van der Waals surface area contributed by atoms with Crippen LogP contribution < -0.4 is 0 Å². The lowest BCUT2D eigenvalue weighted by Gasteiger charge is -2.39. The number of aromatic nitrogens is 2. The lowest BCUT2D eigenvalue weighted by atomic mass is 9.77. The van der Waals surface area contributed by atoms with Crippen molar-refractivity contribution in [2.24, 2.45) is 5.41 Å². The fourth-order valence-corrected chi connectivity index (χ4v) is 4.31. The Morgan fingerprint density at radius 1 is 1.10 bits per heavy atom. The number of likely N-dealkylation sites (tertiary alicyclic amines) is 1. The van der Waals surface area contributed by atoms with E-state index in [4.69, 9.17) is 5.11 Å². The van der Waals surface area contributed by atoms with Gasteiger partial charge in [0.15, 0.2) is 0 Å². The van der Waals surface area contributed by atoms with Crippen molar-refractivity contribution in [3.05, 3.63) is 17.0 Å². The summed E-state index contributed by atoms with van der Waals surface area (Å²) in [7, 11) is 0. The third-order valence-corrected chi connectivity index (χ3v) is 5.81. The summed E-state index contributed by atoms with van der Waals surface area (Å²) >= 11 is 0. The summed E-state index contributed by atoms with van der Waals surface area (Å²) in [4.78, 5) is 2.60. The molecular formula is C17H29N3O. The molecule has 118 valence electrons. The molecule has 1 aliphatic carbocycles. The zero-order valence-electron chi connectivity index (χ0n) is 13.6. The highest BCUT2D eigenvalue weighted by Crippen LogP contribution is 2.46. The highest BCUT2D eigenvalue weighted by Gasteiger charge is 2.36. The van der Waals surface area contributed by atoms with Gasteiger partial charge in [0.1, 0.15) is 0 Å². The van der Waals surface area contributed by atoms with Crippen molar-refractivity contribution in [1.29, 1.82) is 0 Å². The SMILES string of the molecule is Cc1nn(CCO)c(C)c1CN1CCC2(CCCC2)CC1. The van der Waals surface area contributed by atoms with Crippen molar-refractivity contribution in [2.45, 2.75) is 65.5 Å². The van der Waals surface area contributed by atoms with E-state index >= 15 is 0 Å². The lowest BCUT2D eigenvalue weighted by molar-refractivity contribution is 0.103. The van der Waals surface area contributed by atoms with Gasteiger partial charge >= 0.3 is 0 Å². The van der Waals surface area contributed by atoms with Crippen molar-refractivity contribution in [3.63, 3.8) is 0 Å². The zero-order chi connectivity index (χ0) is 14.9. The zero-order valence-corrected chi connectivity index (χ0v) is 13.6. The van der Waals surface area contributed by atoms with Gasteiger partial charge in [-0.1, -0.05) is 12.8 Å². The van der Waals surface area contributed by atoms with Crippen LogP contribution in [0.15, 0.2) is 0 Å². The molecule has 4 heteroatoms. The summed E-state index contributed by atoms with van der Waals surface area (Å²) in [5.41, 5.74) is 4.41. The first-order chi connectivity index (χ1) is 10.1. The Bertz CT molecular complexity index is 478. The molecule has 0 bridgehead atoms. The first-order valence-corrected chi connectivity index (χ1v) is 8.50. The first-order valence-electron chi connectivity index (χ1n) is 8.50. The van der Waals surface area contributed by atoms with E-state index in [0.717, 1.165) is 12.2 Å². The van der Waals surface area contributed by atoms with E-state index in [0.29, 0.717) is 12.0 Å². The Morgan fingerprint density at radius 2 is 1.76 bits per heavy atom. The van der Waals surface area contributed by atoms with Crippen LogP contribution in [0.2, 0.25) is 0 Å². The van der Waals surface area contributed by atoms with Crippen molar-refractivity contribution in [1.82, 2.24) is 14.7 Å². The van der Waals surface area contributed by atoms with Gasteiger partial charge in [0.05, 0.1) is 18.8 Å². The van der Waals surface area contributed by atoms with Gasteiger partial charge < -0.3 is 5.11 Å². The first kappa shape index (κ1) is 15.0. The summed E-state index contributed by atoms with van der Waals surface area (Å²) in [6.45, 7) is 8.50. The number of nitrogens with zero attached hydrogens (tertiary/aromatic N) is 3. The lowest BCUT2D eigenvalue weighted by Crippen LogP contribution is -2.38. The van der Waals surface area contributed by atoms with Crippen LogP contribution in [0.3, 0.4) is 0 Å². The minimum atomic E-state index is 0.160. The van der Waals surface area contributed by atoms with Crippen molar-refractivity contribution < 1.29 is 5.11 Å². The second-order valence-electron chi connectivity index (χ2n) is 7.08. The molecule has 0 unspecified atom stereocenters. The third-order valence-electron chi connectivity index (χ3n) is 5.81. The predicted octanol–water partition coefficient (Wildman–Crippen LogP) is 2.65. The van der Waals surface area contributed by atoms with Crippen LogP contribution in [0.4, 0.5) is 0 Å². The number of rotatable bonds is 4. The predicted molar refractivity (Wildman–Crippen MR) is 84.2 cm³/mol. The Morgan fingerprint density at radius 3 is 2.38 bits per heavy atom. The molecule has 2 heterocycles. The standard InChI is InChI=1S/C17H29N3O/c1-14-16(15(2)20(18-14)11-12-21)13-19-9-7-17(8-10-19)5-3-4-6-17/h21H,3-13H2,1-2H3. The summed E-state index contributed by atoms with van der Waals surface area (Å²) in [5, 5.41) is 13.7. The van der Waals surface area contributed by atoms with Crippen LogP contribution >= 0.6 is 0 Å². The molecule has 1 aliphatic heterocycles. The maximum Gasteiger partial charge on any atom is 0.0644 e. The fourth-order valence-electron chi connectivity index (χ4n) is 4.31. The van der Waals surface area contributed by atoms with Crippen molar-refractivity contribution in [3.8, 4) is 0 Å². The van der Waals surface area contributed by atoms with Crippen LogP contribution in [-0.2, 0) is 13.1 Å². The number of aliphatic hydroxyl groups is 1. The highest BCUT2D eigenvalue weighted by atomic mass is 16.3. The summed E-state index contributed by atoms with van der Waals surface area (Å²) in [6.07, 6.45) is 8.60. The van der Waals surface area contributed by atoms with Gasteiger partial charge in [-0.2, -0.15) is 5.10 Å². The van der Waals surface area contributed by atoms with E-state index < -0.39 is 0 Å². The maximum absolute atomic E-state index is 9.11. The summed E-state index contributed by atoms with van der Waals surface area (Å²) in [5.74, 6) is 0. The molecule has 0 aromatic carbocycles. The largest absolute Gasteiger partial charge is 0.394 e. The topological polar surface area (TPSA) is 41.3 Å². The van der Waals surface area contributed by atoms with E-state index in [1.54, 1.807) is 0 Å². The number of hydrogen-bond donors (Lipinski definition) is 1. The molecule has 0 atom stereocenters. The molecule has 2 aliphatic rings. The fraction of sp³-hybridized carbons (Fsp3) is 0.824. The van der Waals surface area contributed by atoms with E-state index in [1.165, 1.54) is 62.9 Å². The molecule has 2 fully saturated rings. The second kappa shape index (κ2) is 6.09. The van der Waals surface area contributed by atoms with Gasteiger partial charge in [0.25, 0.3) is 0 Å². The summed E-state index contributed by atoms with van der Waals surface area (Å²) < 4.78 is 1.95. The minimum Gasteiger partial charge on any atom is -0.394 e.